The zero-order valence-electron chi connectivity index (χ0n) is 14.3. The average molecular weight is 353 g/mol. The Bertz CT molecular complexity index is 608. The van der Waals surface area contributed by atoms with Crippen LogP contribution in [0.3, 0.4) is 0 Å². The van der Waals surface area contributed by atoms with E-state index >= 15 is 0 Å². The van der Waals surface area contributed by atoms with Crippen molar-refractivity contribution in [3.63, 3.8) is 0 Å². The van der Waals surface area contributed by atoms with Gasteiger partial charge in [0.15, 0.2) is 11.5 Å². The van der Waals surface area contributed by atoms with E-state index in [4.69, 9.17) is 21.1 Å². The zero-order chi connectivity index (χ0) is 17.1. The Balaban J connectivity index is 1.82. The highest BCUT2D eigenvalue weighted by Crippen LogP contribution is 2.37. The van der Waals surface area contributed by atoms with Gasteiger partial charge in [-0.1, -0.05) is 24.4 Å². The van der Waals surface area contributed by atoms with Crippen LogP contribution in [-0.4, -0.2) is 43.2 Å². The fraction of sp³-hybridized carbons (Fsp3) is 0.611. The van der Waals surface area contributed by atoms with Gasteiger partial charge in [-0.3, -0.25) is 9.69 Å². The predicted molar refractivity (Wildman–Crippen MR) is 93.8 cm³/mol. The molecule has 0 bridgehead atoms. The van der Waals surface area contributed by atoms with Gasteiger partial charge in [-0.15, -0.1) is 0 Å². The Morgan fingerprint density at radius 1 is 1.33 bits per heavy atom. The molecule has 1 saturated heterocycles. The number of carbonyl (C=O) groups excluding carboxylic acids is 1. The van der Waals surface area contributed by atoms with Crippen molar-refractivity contribution >= 4 is 17.5 Å². The van der Waals surface area contributed by atoms with Crippen LogP contribution in [0, 0.1) is 0 Å². The Morgan fingerprint density at radius 2 is 2.12 bits per heavy atom. The first-order valence-electron chi connectivity index (χ1n) is 8.65. The molecule has 5 nitrogen and oxygen atoms in total. The van der Waals surface area contributed by atoms with Crippen molar-refractivity contribution in [2.24, 2.45) is 0 Å². The Hall–Kier alpha value is -1.46. The van der Waals surface area contributed by atoms with Crippen molar-refractivity contribution in [3.05, 3.63) is 22.7 Å². The maximum Gasteiger partial charge on any atom is 0.234 e. The van der Waals surface area contributed by atoms with Crippen molar-refractivity contribution in [1.82, 2.24) is 10.2 Å². The molecule has 6 heteroatoms. The van der Waals surface area contributed by atoms with E-state index in [-0.39, 0.29) is 11.9 Å². The number of methoxy groups -OCH3 is 1. The van der Waals surface area contributed by atoms with Crippen molar-refractivity contribution < 1.29 is 14.3 Å². The first-order valence-corrected chi connectivity index (χ1v) is 9.02. The van der Waals surface area contributed by atoms with E-state index in [1.807, 2.05) is 19.1 Å². The molecule has 2 fully saturated rings. The van der Waals surface area contributed by atoms with Crippen LogP contribution < -0.4 is 14.8 Å². The van der Waals surface area contributed by atoms with E-state index < -0.39 is 0 Å². The van der Waals surface area contributed by atoms with Crippen LogP contribution in [0.15, 0.2) is 12.1 Å². The highest BCUT2D eigenvalue weighted by molar-refractivity contribution is 6.32. The highest BCUT2D eigenvalue weighted by atomic mass is 35.5. The summed E-state index contributed by atoms with van der Waals surface area (Å²) >= 11 is 6.35. The molecule has 0 aromatic heterocycles. The summed E-state index contributed by atoms with van der Waals surface area (Å²) in [4.78, 5) is 14.3. The molecule has 24 heavy (non-hydrogen) atoms. The van der Waals surface area contributed by atoms with E-state index in [2.05, 4.69) is 10.2 Å². The first kappa shape index (κ1) is 17.4. The quantitative estimate of drug-likeness (QED) is 0.885. The third kappa shape index (κ3) is 3.62. The topological polar surface area (TPSA) is 50.8 Å². The van der Waals surface area contributed by atoms with Crippen molar-refractivity contribution in [3.8, 4) is 11.5 Å². The van der Waals surface area contributed by atoms with Gasteiger partial charge in [0, 0.05) is 18.6 Å². The lowest BCUT2D eigenvalue weighted by molar-refractivity contribution is -0.128. The number of nitrogens with one attached hydrogen (secondary N) is 1. The Morgan fingerprint density at radius 3 is 2.88 bits per heavy atom. The Labute approximate surface area is 148 Å². The van der Waals surface area contributed by atoms with Crippen LogP contribution in [0.5, 0.6) is 11.5 Å². The normalized spacial score (nSPS) is 24.2. The monoisotopic (exact) mass is 352 g/mol. The number of ether oxygens (including phenoxy) is 2. The molecule has 1 aliphatic carbocycles. The highest BCUT2D eigenvalue weighted by Gasteiger charge is 2.36. The molecule has 1 N–H and O–H groups in total. The number of amides is 1. The maximum absolute atomic E-state index is 12.0. The van der Waals surface area contributed by atoms with E-state index in [1.165, 1.54) is 12.8 Å². The van der Waals surface area contributed by atoms with Crippen LogP contribution in [0.1, 0.15) is 38.2 Å². The van der Waals surface area contributed by atoms with Gasteiger partial charge in [-0.25, -0.2) is 0 Å². The molecule has 0 radical (unpaired) electrons. The second-order valence-electron chi connectivity index (χ2n) is 6.47. The number of nitrogens with zero attached hydrogens (tertiary/aromatic N) is 1. The molecule has 0 unspecified atom stereocenters. The molecule has 2 atom stereocenters. The lowest BCUT2D eigenvalue weighted by Gasteiger charge is -2.44. The fourth-order valence-electron chi connectivity index (χ4n) is 3.85. The molecule has 1 aromatic carbocycles. The molecule has 1 heterocycles. The number of rotatable bonds is 5. The van der Waals surface area contributed by atoms with Crippen molar-refractivity contribution in [1.29, 1.82) is 0 Å². The van der Waals surface area contributed by atoms with Gasteiger partial charge in [-0.2, -0.15) is 0 Å². The molecule has 1 aliphatic heterocycles. The Kier molecular flexibility index (Phi) is 5.51. The summed E-state index contributed by atoms with van der Waals surface area (Å²) in [6.45, 7) is 3.61. The minimum atomic E-state index is 0.114. The lowest BCUT2D eigenvalue weighted by Crippen LogP contribution is -2.61. The summed E-state index contributed by atoms with van der Waals surface area (Å²) in [5, 5.41) is 3.69. The van der Waals surface area contributed by atoms with Crippen LogP contribution in [-0.2, 0) is 11.3 Å². The molecule has 1 aromatic rings. The molecule has 1 amide bonds. The van der Waals surface area contributed by atoms with Gasteiger partial charge < -0.3 is 14.8 Å². The molecule has 132 valence electrons. The third-order valence-corrected chi connectivity index (χ3v) is 5.13. The minimum absolute atomic E-state index is 0.114. The largest absolute Gasteiger partial charge is 0.491 e. The van der Waals surface area contributed by atoms with E-state index in [1.54, 1.807) is 7.11 Å². The molecule has 0 spiro atoms. The summed E-state index contributed by atoms with van der Waals surface area (Å²) in [6.07, 6.45) is 4.62. The molecule has 3 rings (SSSR count). The van der Waals surface area contributed by atoms with Gasteiger partial charge in [0.1, 0.15) is 0 Å². The molecule has 2 aliphatic rings. The summed E-state index contributed by atoms with van der Waals surface area (Å²) in [6, 6.07) is 4.57. The number of hydrogen-bond donors (Lipinski definition) is 1. The first-order chi connectivity index (χ1) is 11.6. The van der Waals surface area contributed by atoms with Gasteiger partial charge in [0.25, 0.3) is 0 Å². The molecular weight excluding hydrogens is 328 g/mol. The summed E-state index contributed by atoms with van der Waals surface area (Å²) in [7, 11) is 1.59. The van der Waals surface area contributed by atoms with Crippen LogP contribution in [0.2, 0.25) is 5.02 Å². The smallest absolute Gasteiger partial charge is 0.234 e. The standard InChI is InChI=1S/C18H25ClN2O3/c1-3-24-16-9-12(8-13(19)18(16)23-2)10-21-11-17(22)20-14-6-4-5-7-15(14)21/h8-9,14-15H,3-7,10-11H2,1-2H3,(H,20,22)/t14-,15+/m1/s1. The van der Waals surface area contributed by atoms with Gasteiger partial charge in [0.2, 0.25) is 5.91 Å². The number of piperazine rings is 1. The summed E-state index contributed by atoms with van der Waals surface area (Å²) in [5.74, 6) is 1.33. The third-order valence-electron chi connectivity index (χ3n) is 4.85. The SMILES string of the molecule is CCOc1cc(CN2CC(=O)N[C@@H]3CCCC[C@@H]32)cc(Cl)c1OC. The number of fused-ring (bicyclic) bond motifs is 1. The van der Waals surface area contributed by atoms with E-state index in [9.17, 15) is 4.79 Å². The maximum atomic E-state index is 12.0. The lowest BCUT2D eigenvalue weighted by atomic mass is 9.87. The molecule has 1 saturated carbocycles. The second kappa shape index (κ2) is 7.62. The zero-order valence-corrected chi connectivity index (χ0v) is 15.1. The second-order valence-corrected chi connectivity index (χ2v) is 6.88. The van der Waals surface area contributed by atoms with Gasteiger partial charge >= 0.3 is 0 Å². The van der Waals surface area contributed by atoms with Crippen LogP contribution >= 0.6 is 11.6 Å². The summed E-state index contributed by atoms with van der Waals surface area (Å²) < 4.78 is 11.0. The van der Waals surface area contributed by atoms with Crippen molar-refractivity contribution in [2.75, 3.05) is 20.3 Å². The number of halogens is 1. The van der Waals surface area contributed by atoms with E-state index in [0.717, 1.165) is 18.4 Å². The van der Waals surface area contributed by atoms with Gasteiger partial charge in [0.05, 0.1) is 25.3 Å². The molecular formula is C18H25ClN2O3. The summed E-state index contributed by atoms with van der Waals surface area (Å²) in [5.41, 5.74) is 1.04. The predicted octanol–water partition coefficient (Wildman–Crippen LogP) is 2.99. The van der Waals surface area contributed by atoms with Crippen LogP contribution in [0.25, 0.3) is 0 Å². The average Bonchev–Trinajstić information content (AvgIpc) is 2.55. The number of benzene rings is 1. The fourth-order valence-corrected chi connectivity index (χ4v) is 4.16. The minimum Gasteiger partial charge on any atom is -0.491 e. The number of hydrogen-bond acceptors (Lipinski definition) is 4. The number of carbonyl (C=O) groups is 1. The van der Waals surface area contributed by atoms with E-state index in [0.29, 0.717) is 42.3 Å². The van der Waals surface area contributed by atoms with Crippen LogP contribution in [0.4, 0.5) is 0 Å². The van der Waals surface area contributed by atoms with Crippen molar-refractivity contribution in [2.45, 2.75) is 51.2 Å². The van der Waals surface area contributed by atoms with Gasteiger partial charge in [-0.05, 0) is 37.5 Å².